The van der Waals surface area contributed by atoms with Crippen LogP contribution < -0.4 is 10.2 Å². The number of para-hydroxylation sites is 2. The van der Waals surface area contributed by atoms with Gasteiger partial charge in [-0.25, -0.2) is 4.79 Å². The van der Waals surface area contributed by atoms with Crippen LogP contribution in [0.3, 0.4) is 0 Å². The summed E-state index contributed by atoms with van der Waals surface area (Å²) < 4.78 is 4.92. The summed E-state index contributed by atoms with van der Waals surface area (Å²) in [5.74, 6) is -2.55. The summed E-state index contributed by atoms with van der Waals surface area (Å²) in [6.45, 7) is 1.56. The summed E-state index contributed by atoms with van der Waals surface area (Å²) in [5, 5.41) is 22.2. The van der Waals surface area contributed by atoms with Gasteiger partial charge >= 0.3 is 5.97 Å². The number of aryl methyl sites for hydroxylation is 1. The van der Waals surface area contributed by atoms with Crippen LogP contribution in [0.2, 0.25) is 0 Å². The number of carbonyl (C=O) groups excluding carboxylic acids is 3. The van der Waals surface area contributed by atoms with Crippen LogP contribution >= 0.6 is 0 Å². The predicted molar refractivity (Wildman–Crippen MR) is 101 cm³/mol. The number of phenolic OH excluding ortho intramolecular Hbond substituents is 2. The van der Waals surface area contributed by atoms with Crippen molar-refractivity contribution in [3.05, 3.63) is 47.5 Å². The third-order valence-electron chi connectivity index (χ3n) is 4.45. The Labute approximate surface area is 161 Å². The molecular formula is C20H20N2O6. The van der Waals surface area contributed by atoms with Gasteiger partial charge in [0.2, 0.25) is 5.91 Å². The second kappa shape index (κ2) is 7.99. The first kappa shape index (κ1) is 19.2. The number of benzene rings is 2. The summed E-state index contributed by atoms with van der Waals surface area (Å²) in [6.07, 6.45) is 1.22. The molecule has 1 saturated heterocycles. The van der Waals surface area contributed by atoms with Crippen LogP contribution in [0.5, 0.6) is 11.5 Å². The summed E-state index contributed by atoms with van der Waals surface area (Å²) in [7, 11) is 0. The van der Waals surface area contributed by atoms with Crippen molar-refractivity contribution in [1.82, 2.24) is 0 Å². The second-order valence-corrected chi connectivity index (χ2v) is 6.42. The molecule has 0 bridgehead atoms. The van der Waals surface area contributed by atoms with Crippen LogP contribution in [0.1, 0.15) is 28.8 Å². The van der Waals surface area contributed by atoms with Gasteiger partial charge in [-0.3, -0.25) is 9.59 Å². The van der Waals surface area contributed by atoms with Crippen molar-refractivity contribution in [1.29, 1.82) is 0 Å². The summed E-state index contributed by atoms with van der Waals surface area (Å²) in [4.78, 5) is 37.9. The highest BCUT2D eigenvalue weighted by Gasteiger charge is 2.24. The second-order valence-electron chi connectivity index (χ2n) is 6.42. The maximum atomic E-state index is 12.2. The Morgan fingerprint density at radius 2 is 1.89 bits per heavy atom. The maximum Gasteiger partial charge on any atom is 0.342 e. The Morgan fingerprint density at radius 1 is 1.14 bits per heavy atom. The topological polar surface area (TPSA) is 116 Å². The Kier molecular flexibility index (Phi) is 5.49. The number of aromatic hydroxyl groups is 2. The normalized spacial score (nSPS) is 13.5. The van der Waals surface area contributed by atoms with Gasteiger partial charge in [0.25, 0.3) is 5.91 Å². The van der Waals surface area contributed by atoms with Crippen molar-refractivity contribution < 1.29 is 29.3 Å². The minimum absolute atomic E-state index is 0.0113. The molecule has 0 atom stereocenters. The first-order chi connectivity index (χ1) is 13.4. The molecule has 1 aliphatic heterocycles. The largest absolute Gasteiger partial charge is 0.504 e. The fraction of sp³-hybridized carbons (Fsp3) is 0.250. The molecule has 2 aromatic rings. The molecule has 0 saturated carbocycles. The number of carbonyl (C=O) groups is 3. The SMILES string of the molecule is Cc1ccc(C(=O)OCC(=O)Nc2ccccc2N2CCCC2=O)c(O)c1O. The van der Waals surface area contributed by atoms with Crippen LogP contribution in [0.15, 0.2) is 36.4 Å². The summed E-state index contributed by atoms with van der Waals surface area (Å²) in [5.41, 5.74) is 1.19. The summed E-state index contributed by atoms with van der Waals surface area (Å²) >= 11 is 0. The van der Waals surface area contributed by atoms with E-state index in [2.05, 4.69) is 5.32 Å². The lowest BCUT2D eigenvalue weighted by Crippen LogP contribution is -2.27. The lowest BCUT2D eigenvalue weighted by molar-refractivity contribution is -0.119. The average Bonchev–Trinajstić information content (AvgIpc) is 3.10. The number of nitrogens with one attached hydrogen (secondary N) is 1. The molecule has 0 aromatic heterocycles. The van der Waals surface area contributed by atoms with E-state index in [0.29, 0.717) is 29.9 Å². The van der Waals surface area contributed by atoms with Crippen molar-refractivity contribution in [2.24, 2.45) is 0 Å². The number of amides is 2. The molecule has 1 fully saturated rings. The first-order valence-electron chi connectivity index (χ1n) is 8.76. The highest BCUT2D eigenvalue weighted by atomic mass is 16.5. The smallest absolute Gasteiger partial charge is 0.342 e. The van der Waals surface area contributed by atoms with E-state index < -0.39 is 30.0 Å². The molecule has 0 aliphatic carbocycles. The molecule has 0 unspecified atom stereocenters. The molecule has 1 aliphatic rings. The molecule has 3 rings (SSSR count). The van der Waals surface area contributed by atoms with Gasteiger partial charge in [0.05, 0.1) is 11.4 Å². The van der Waals surface area contributed by atoms with Gasteiger partial charge in [-0.2, -0.15) is 0 Å². The van der Waals surface area contributed by atoms with Gasteiger partial charge in [0.1, 0.15) is 5.56 Å². The van der Waals surface area contributed by atoms with Gasteiger partial charge in [-0.15, -0.1) is 0 Å². The standard InChI is InChI=1S/C20H20N2O6/c1-12-8-9-13(19(26)18(12)25)20(27)28-11-16(23)21-14-5-2-3-6-15(14)22-10-4-7-17(22)24/h2-3,5-6,8-9,25-26H,4,7,10-11H2,1H3,(H,21,23). The molecule has 1 heterocycles. The van der Waals surface area contributed by atoms with Crippen molar-refractivity contribution >= 4 is 29.2 Å². The number of hydrogen-bond acceptors (Lipinski definition) is 6. The molecule has 2 amide bonds. The Hall–Kier alpha value is -3.55. The van der Waals surface area contributed by atoms with Crippen LogP contribution in [0.4, 0.5) is 11.4 Å². The zero-order valence-corrected chi connectivity index (χ0v) is 15.3. The van der Waals surface area contributed by atoms with Gasteiger partial charge < -0.3 is 25.2 Å². The molecule has 2 aromatic carbocycles. The molecule has 3 N–H and O–H groups in total. The zero-order valence-electron chi connectivity index (χ0n) is 15.3. The van der Waals surface area contributed by atoms with Crippen molar-refractivity contribution in [2.75, 3.05) is 23.4 Å². The van der Waals surface area contributed by atoms with Crippen molar-refractivity contribution in [2.45, 2.75) is 19.8 Å². The highest BCUT2D eigenvalue weighted by molar-refractivity contribution is 6.03. The third-order valence-corrected chi connectivity index (χ3v) is 4.45. The fourth-order valence-corrected chi connectivity index (χ4v) is 2.96. The number of ether oxygens (including phenoxy) is 1. The van der Waals surface area contributed by atoms with Crippen LogP contribution in [-0.4, -0.2) is 41.1 Å². The highest BCUT2D eigenvalue weighted by Crippen LogP contribution is 2.32. The molecular weight excluding hydrogens is 364 g/mol. The fourth-order valence-electron chi connectivity index (χ4n) is 2.96. The summed E-state index contributed by atoms with van der Waals surface area (Å²) in [6, 6.07) is 9.64. The quantitative estimate of drug-likeness (QED) is 0.538. The lowest BCUT2D eigenvalue weighted by atomic mass is 10.1. The molecule has 146 valence electrons. The van der Waals surface area contributed by atoms with E-state index in [1.807, 2.05) is 0 Å². The lowest BCUT2D eigenvalue weighted by Gasteiger charge is -2.20. The van der Waals surface area contributed by atoms with E-state index in [1.54, 1.807) is 36.1 Å². The number of anilines is 2. The van der Waals surface area contributed by atoms with Crippen LogP contribution in [-0.2, 0) is 14.3 Å². The number of esters is 1. The molecule has 0 radical (unpaired) electrons. The van der Waals surface area contributed by atoms with Gasteiger partial charge in [-0.05, 0) is 37.1 Å². The Bertz CT molecular complexity index is 940. The molecule has 8 heteroatoms. The van der Waals surface area contributed by atoms with E-state index >= 15 is 0 Å². The monoisotopic (exact) mass is 384 g/mol. The third kappa shape index (κ3) is 3.90. The van der Waals surface area contributed by atoms with Crippen LogP contribution in [0.25, 0.3) is 0 Å². The van der Waals surface area contributed by atoms with Crippen LogP contribution in [0, 0.1) is 6.92 Å². The predicted octanol–water partition coefficient (Wildman–Crippen LogP) is 2.33. The number of hydrogen-bond donors (Lipinski definition) is 3. The average molecular weight is 384 g/mol. The zero-order chi connectivity index (χ0) is 20.3. The van der Waals surface area contributed by atoms with E-state index in [4.69, 9.17) is 4.74 Å². The molecule has 8 nitrogen and oxygen atoms in total. The van der Waals surface area contributed by atoms with Gasteiger partial charge in [-0.1, -0.05) is 18.2 Å². The van der Waals surface area contributed by atoms with E-state index in [-0.39, 0.29) is 11.5 Å². The number of rotatable bonds is 5. The first-order valence-corrected chi connectivity index (χ1v) is 8.76. The van der Waals surface area contributed by atoms with Gasteiger partial charge in [0, 0.05) is 13.0 Å². The van der Waals surface area contributed by atoms with Gasteiger partial charge in [0.15, 0.2) is 18.1 Å². The Balaban J connectivity index is 1.65. The number of nitrogens with zero attached hydrogens (tertiary/aromatic N) is 1. The van der Waals surface area contributed by atoms with E-state index in [1.165, 1.54) is 12.1 Å². The van der Waals surface area contributed by atoms with Crippen molar-refractivity contribution in [3.8, 4) is 11.5 Å². The van der Waals surface area contributed by atoms with Crippen molar-refractivity contribution in [3.63, 3.8) is 0 Å². The maximum absolute atomic E-state index is 12.2. The Morgan fingerprint density at radius 3 is 2.61 bits per heavy atom. The molecule has 28 heavy (non-hydrogen) atoms. The van der Waals surface area contributed by atoms with E-state index in [0.717, 1.165) is 6.42 Å². The van der Waals surface area contributed by atoms with E-state index in [9.17, 15) is 24.6 Å². The number of phenols is 2. The minimum Gasteiger partial charge on any atom is -0.504 e. The minimum atomic E-state index is -0.939. The molecule has 0 spiro atoms.